The summed E-state index contributed by atoms with van der Waals surface area (Å²) in [5.41, 5.74) is 0. The van der Waals surface area contributed by atoms with Crippen LogP contribution in [0.2, 0.25) is 0 Å². The summed E-state index contributed by atoms with van der Waals surface area (Å²) in [4.78, 5) is 2.29. The van der Waals surface area contributed by atoms with Gasteiger partial charge in [0.2, 0.25) is 0 Å². The summed E-state index contributed by atoms with van der Waals surface area (Å²) in [7, 11) is 2.12. The molecule has 0 aliphatic carbocycles. The quantitative estimate of drug-likeness (QED) is 0.534. The van der Waals surface area contributed by atoms with Crippen LogP contribution in [0.25, 0.3) is 0 Å². The first kappa shape index (κ1) is 10.9. The van der Waals surface area contributed by atoms with E-state index in [1.54, 1.807) is 0 Å². The monoisotopic (exact) mass is 159 g/mol. The highest BCUT2D eigenvalue weighted by atomic mass is 16.5. The molecule has 1 aliphatic rings. The highest BCUT2D eigenvalue weighted by Crippen LogP contribution is 1.99. The lowest BCUT2D eigenvalue weighted by Crippen LogP contribution is -2.38. The summed E-state index contributed by atoms with van der Waals surface area (Å²) in [6.07, 6.45) is 1.69. The van der Waals surface area contributed by atoms with Crippen LogP contribution in [0.3, 0.4) is 0 Å². The number of ether oxygens (including phenoxy) is 1. The van der Waals surface area contributed by atoms with Crippen LogP contribution in [0.4, 0.5) is 0 Å². The molecule has 1 heterocycles. The maximum Gasteiger partial charge on any atom is 0.0674 e. The van der Waals surface area contributed by atoms with Crippen molar-refractivity contribution in [1.29, 1.82) is 0 Å². The van der Waals surface area contributed by atoms with Crippen molar-refractivity contribution in [2.75, 3.05) is 26.7 Å². The van der Waals surface area contributed by atoms with Crippen molar-refractivity contribution in [3.63, 3.8) is 0 Å². The SMILES string of the molecule is CCC.C[C@H]1CN(C)CCO1. The Morgan fingerprint density at radius 2 is 2.00 bits per heavy atom. The Bertz CT molecular complexity index is 77.6. The molecule has 0 spiro atoms. The number of likely N-dealkylation sites (N-methyl/N-ethyl adjacent to an activating group) is 1. The number of nitrogens with zero attached hydrogens (tertiary/aromatic N) is 1. The second-order valence-electron chi connectivity index (χ2n) is 3.15. The molecular weight excluding hydrogens is 138 g/mol. The van der Waals surface area contributed by atoms with E-state index in [1.807, 2.05) is 0 Å². The van der Waals surface area contributed by atoms with E-state index in [4.69, 9.17) is 4.74 Å². The van der Waals surface area contributed by atoms with Crippen LogP contribution in [-0.4, -0.2) is 37.7 Å². The van der Waals surface area contributed by atoms with Crippen LogP contribution in [0, 0.1) is 0 Å². The Morgan fingerprint density at radius 1 is 1.45 bits per heavy atom. The van der Waals surface area contributed by atoms with Crippen molar-refractivity contribution in [2.24, 2.45) is 0 Å². The third-order valence-corrected chi connectivity index (χ3v) is 1.44. The van der Waals surface area contributed by atoms with Crippen LogP contribution in [-0.2, 0) is 4.74 Å². The molecule has 1 aliphatic heterocycles. The van der Waals surface area contributed by atoms with E-state index in [9.17, 15) is 0 Å². The van der Waals surface area contributed by atoms with Crippen molar-refractivity contribution in [1.82, 2.24) is 4.90 Å². The third kappa shape index (κ3) is 6.32. The molecule has 0 bridgehead atoms. The molecule has 0 saturated carbocycles. The maximum atomic E-state index is 5.31. The zero-order valence-corrected chi connectivity index (χ0v) is 8.26. The molecule has 0 amide bonds. The molecule has 0 aromatic heterocycles. The Morgan fingerprint density at radius 3 is 2.27 bits per heavy atom. The van der Waals surface area contributed by atoms with Crippen LogP contribution < -0.4 is 0 Å². The Balaban J connectivity index is 0.000000292. The largest absolute Gasteiger partial charge is 0.376 e. The highest BCUT2D eigenvalue weighted by molar-refractivity contribution is 4.62. The minimum Gasteiger partial charge on any atom is -0.376 e. The van der Waals surface area contributed by atoms with Crippen LogP contribution in [0.15, 0.2) is 0 Å². The number of hydrogen-bond donors (Lipinski definition) is 0. The predicted molar refractivity (Wildman–Crippen MR) is 48.9 cm³/mol. The summed E-state index contributed by atoms with van der Waals surface area (Å²) in [6.45, 7) is 9.43. The zero-order valence-electron chi connectivity index (χ0n) is 8.26. The molecule has 1 fully saturated rings. The van der Waals surface area contributed by atoms with E-state index < -0.39 is 0 Å². The minimum absolute atomic E-state index is 0.439. The first-order valence-corrected chi connectivity index (χ1v) is 4.50. The molecule has 1 saturated heterocycles. The first-order chi connectivity index (χ1) is 5.20. The van der Waals surface area contributed by atoms with E-state index in [2.05, 4.69) is 32.7 Å². The van der Waals surface area contributed by atoms with Crippen molar-refractivity contribution in [2.45, 2.75) is 33.3 Å². The van der Waals surface area contributed by atoms with E-state index in [0.29, 0.717) is 6.10 Å². The maximum absolute atomic E-state index is 5.31. The smallest absolute Gasteiger partial charge is 0.0674 e. The molecule has 0 unspecified atom stereocenters. The molecule has 0 aromatic carbocycles. The number of rotatable bonds is 0. The fraction of sp³-hybridized carbons (Fsp3) is 1.00. The number of morpholine rings is 1. The van der Waals surface area contributed by atoms with Gasteiger partial charge >= 0.3 is 0 Å². The second kappa shape index (κ2) is 6.62. The second-order valence-corrected chi connectivity index (χ2v) is 3.15. The molecule has 2 heteroatoms. The summed E-state index contributed by atoms with van der Waals surface area (Å²) < 4.78 is 5.31. The van der Waals surface area contributed by atoms with Gasteiger partial charge in [0.1, 0.15) is 0 Å². The van der Waals surface area contributed by atoms with Crippen molar-refractivity contribution in [3.05, 3.63) is 0 Å². The lowest BCUT2D eigenvalue weighted by Gasteiger charge is -2.27. The van der Waals surface area contributed by atoms with Crippen LogP contribution in [0.1, 0.15) is 27.2 Å². The average molecular weight is 159 g/mol. The predicted octanol–water partition coefficient (Wildman–Crippen LogP) is 1.75. The lowest BCUT2D eigenvalue weighted by atomic mass is 10.3. The lowest BCUT2D eigenvalue weighted by molar-refractivity contribution is -0.00861. The molecule has 2 nitrogen and oxygen atoms in total. The summed E-state index contributed by atoms with van der Waals surface area (Å²) in [6, 6.07) is 0. The van der Waals surface area contributed by atoms with Gasteiger partial charge in [-0.25, -0.2) is 0 Å². The van der Waals surface area contributed by atoms with Gasteiger partial charge in [0.25, 0.3) is 0 Å². The van der Waals surface area contributed by atoms with Crippen LogP contribution >= 0.6 is 0 Å². The fourth-order valence-electron chi connectivity index (χ4n) is 0.993. The molecule has 1 atom stereocenters. The normalized spacial score (nSPS) is 25.6. The topological polar surface area (TPSA) is 12.5 Å². The summed E-state index contributed by atoms with van der Waals surface area (Å²) in [5.74, 6) is 0. The van der Waals surface area contributed by atoms with E-state index >= 15 is 0 Å². The van der Waals surface area contributed by atoms with Gasteiger partial charge in [-0.1, -0.05) is 20.3 Å². The first-order valence-electron chi connectivity index (χ1n) is 4.50. The van der Waals surface area contributed by atoms with Gasteiger partial charge in [-0.2, -0.15) is 0 Å². The Kier molecular flexibility index (Phi) is 6.57. The Hall–Kier alpha value is -0.0800. The van der Waals surface area contributed by atoms with Gasteiger partial charge < -0.3 is 9.64 Å². The minimum atomic E-state index is 0.439. The van der Waals surface area contributed by atoms with Crippen molar-refractivity contribution < 1.29 is 4.74 Å². The summed E-state index contributed by atoms with van der Waals surface area (Å²) in [5, 5.41) is 0. The van der Waals surface area contributed by atoms with Gasteiger partial charge in [0.15, 0.2) is 0 Å². The molecule has 68 valence electrons. The number of hydrogen-bond acceptors (Lipinski definition) is 2. The molecule has 1 rings (SSSR count). The van der Waals surface area contributed by atoms with Crippen molar-refractivity contribution in [3.8, 4) is 0 Å². The standard InChI is InChI=1S/C6H13NO.C3H8/c1-6-5-7(2)3-4-8-6;1-3-2/h6H,3-5H2,1-2H3;3H2,1-2H3/t6-;/m0./s1. The van der Waals surface area contributed by atoms with Crippen molar-refractivity contribution >= 4 is 0 Å². The molecule has 0 radical (unpaired) electrons. The van der Waals surface area contributed by atoms with Gasteiger partial charge in [0.05, 0.1) is 12.7 Å². The summed E-state index contributed by atoms with van der Waals surface area (Å²) >= 11 is 0. The molecule has 0 N–H and O–H groups in total. The van der Waals surface area contributed by atoms with Gasteiger partial charge in [-0.3, -0.25) is 0 Å². The van der Waals surface area contributed by atoms with Gasteiger partial charge in [0, 0.05) is 13.1 Å². The van der Waals surface area contributed by atoms with Crippen LogP contribution in [0.5, 0.6) is 0 Å². The highest BCUT2D eigenvalue weighted by Gasteiger charge is 2.11. The molecule has 11 heavy (non-hydrogen) atoms. The molecule has 0 aromatic rings. The zero-order chi connectivity index (χ0) is 8.69. The molecular formula is C9H21NO. The average Bonchev–Trinajstić information content (AvgIpc) is 1.88. The Labute approximate surface area is 70.5 Å². The van der Waals surface area contributed by atoms with Gasteiger partial charge in [-0.05, 0) is 14.0 Å². The van der Waals surface area contributed by atoms with E-state index in [-0.39, 0.29) is 0 Å². The van der Waals surface area contributed by atoms with Gasteiger partial charge in [-0.15, -0.1) is 0 Å². The fourth-order valence-corrected chi connectivity index (χ4v) is 0.993. The van der Waals surface area contributed by atoms with E-state index in [1.165, 1.54) is 6.42 Å². The third-order valence-electron chi connectivity index (χ3n) is 1.44. The van der Waals surface area contributed by atoms with E-state index in [0.717, 1.165) is 19.7 Å².